The Morgan fingerprint density at radius 2 is 1.67 bits per heavy atom. The molecule has 2 aliphatic rings. The second kappa shape index (κ2) is 16.6. The maximum atomic E-state index is 14.6. The third-order valence-corrected chi connectivity index (χ3v) is 8.60. The van der Waals surface area contributed by atoms with Gasteiger partial charge in [-0.05, 0) is 69.6 Å². The molecule has 8 heteroatoms. The van der Waals surface area contributed by atoms with E-state index >= 15 is 0 Å². The number of esters is 1. The Morgan fingerprint density at radius 1 is 0.976 bits per heavy atom. The summed E-state index contributed by atoms with van der Waals surface area (Å²) in [6.07, 6.45) is 10.4. The molecule has 1 amide bonds. The van der Waals surface area contributed by atoms with Crippen LogP contribution < -0.4 is 14.2 Å². The Labute approximate surface area is 252 Å². The molecule has 0 aromatic heterocycles. The highest BCUT2D eigenvalue weighted by molar-refractivity contribution is 5.89. The Kier molecular flexibility index (Phi) is 13.2. The number of hydrogen-bond acceptors (Lipinski definition) is 7. The van der Waals surface area contributed by atoms with Gasteiger partial charge in [0.1, 0.15) is 18.2 Å². The predicted molar refractivity (Wildman–Crippen MR) is 164 cm³/mol. The van der Waals surface area contributed by atoms with Crippen LogP contribution in [0.1, 0.15) is 83.6 Å². The van der Waals surface area contributed by atoms with Gasteiger partial charge in [0.25, 0.3) is 0 Å². The molecule has 8 nitrogen and oxygen atoms in total. The molecule has 42 heavy (non-hydrogen) atoms. The van der Waals surface area contributed by atoms with Gasteiger partial charge in [0.05, 0.1) is 33.4 Å². The second-order valence-electron chi connectivity index (χ2n) is 11.7. The monoisotopic (exact) mass is 585 g/mol. The maximum Gasteiger partial charge on any atom is 0.329 e. The lowest BCUT2D eigenvalue weighted by Gasteiger charge is -2.40. The Bertz CT molecular complexity index is 1050. The van der Waals surface area contributed by atoms with Gasteiger partial charge in [0, 0.05) is 12.5 Å². The third kappa shape index (κ3) is 8.52. The number of ether oxygens (including phenoxy) is 5. The lowest BCUT2D eigenvalue weighted by Crippen LogP contribution is -2.51. The first-order valence-corrected chi connectivity index (χ1v) is 15.5. The van der Waals surface area contributed by atoms with Crippen molar-refractivity contribution in [1.29, 1.82) is 0 Å². The highest BCUT2D eigenvalue weighted by Gasteiger charge is 2.41. The number of likely N-dealkylation sites (tertiary alicyclic amines) is 1. The molecule has 1 aromatic carbocycles. The number of methoxy groups -OCH3 is 2. The minimum atomic E-state index is -0.602. The van der Waals surface area contributed by atoms with Crippen molar-refractivity contribution in [3.63, 3.8) is 0 Å². The molecule has 2 fully saturated rings. The van der Waals surface area contributed by atoms with Crippen molar-refractivity contribution in [1.82, 2.24) is 4.90 Å². The highest BCUT2D eigenvalue weighted by Crippen LogP contribution is 2.45. The lowest BCUT2D eigenvalue weighted by molar-refractivity contribution is -0.163. The van der Waals surface area contributed by atoms with Crippen LogP contribution in [0.15, 0.2) is 37.4 Å². The quantitative estimate of drug-likeness (QED) is 0.132. The first-order chi connectivity index (χ1) is 20.2. The molecule has 234 valence electrons. The van der Waals surface area contributed by atoms with E-state index in [9.17, 15) is 9.59 Å². The first-order valence-electron chi connectivity index (χ1n) is 15.5. The summed E-state index contributed by atoms with van der Waals surface area (Å²) in [7, 11) is 3.16. The summed E-state index contributed by atoms with van der Waals surface area (Å²) < 4.78 is 29.2. The van der Waals surface area contributed by atoms with Crippen molar-refractivity contribution in [3.05, 3.63) is 43.0 Å². The van der Waals surface area contributed by atoms with Crippen LogP contribution in [0.25, 0.3) is 0 Å². The minimum Gasteiger partial charge on any atom is -0.493 e. The molecule has 0 unspecified atom stereocenters. The molecule has 0 radical (unpaired) electrons. The van der Waals surface area contributed by atoms with Gasteiger partial charge in [-0.2, -0.15) is 0 Å². The van der Waals surface area contributed by atoms with Crippen LogP contribution in [0.3, 0.4) is 0 Å². The normalized spacial score (nSPS) is 20.5. The zero-order chi connectivity index (χ0) is 30.6. The average Bonchev–Trinajstić information content (AvgIpc) is 3.01. The van der Waals surface area contributed by atoms with Crippen molar-refractivity contribution >= 4 is 11.9 Å². The first kappa shape index (κ1) is 33.5. The van der Waals surface area contributed by atoms with E-state index in [-0.39, 0.29) is 35.9 Å². The number of carbonyl (C=O) groups is 2. The number of amides is 1. The van der Waals surface area contributed by atoms with E-state index in [0.29, 0.717) is 43.4 Å². The zero-order valence-corrected chi connectivity index (χ0v) is 26.3. The van der Waals surface area contributed by atoms with Crippen molar-refractivity contribution in [2.45, 2.75) is 96.3 Å². The van der Waals surface area contributed by atoms with E-state index in [4.69, 9.17) is 23.7 Å². The van der Waals surface area contributed by atoms with E-state index in [1.165, 1.54) is 0 Å². The molecule has 1 saturated heterocycles. The minimum absolute atomic E-state index is 0.0198. The third-order valence-electron chi connectivity index (χ3n) is 8.60. The summed E-state index contributed by atoms with van der Waals surface area (Å²) in [6, 6.07) is 3.20. The summed E-state index contributed by atoms with van der Waals surface area (Å²) in [5.74, 6) is 0.811. The summed E-state index contributed by atoms with van der Waals surface area (Å²) in [4.78, 5) is 29.8. The van der Waals surface area contributed by atoms with Gasteiger partial charge < -0.3 is 28.6 Å². The van der Waals surface area contributed by atoms with Gasteiger partial charge in [0.15, 0.2) is 11.5 Å². The Morgan fingerprint density at radius 3 is 2.31 bits per heavy atom. The topological polar surface area (TPSA) is 83.5 Å². The molecular formula is C34H51NO7. The number of hydrogen-bond donors (Lipinski definition) is 0. The van der Waals surface area contributed by atoms with E-state index in [0.717, 1.165) is 50.5 Å². The van der Waals surface area contributed by atoms with Crippen molar-refractivity contribution < 1.29 is 33.3 Å². The van der Waals surface area contributed by atoms with Gasteiger partial charge in [-0.25, -0.2) is 4.79 Å². The Hall–Kier alpha value is -3.00. The fourth-order valence-electron chi connectivity index (χ4n) is 6.05. The number of rotatable bonds is 15. The van der Waals surface area contributed by atoms with E-state index in [2.05, 4.69) is 13.2 Å². The predicted octanol–water partition coefficient (Wildman–Crippen LogP) is 6.47. The molecule has 1 saturated carbocycles. The molecule has 5 atom stereocenters. The van der Waals surface area contributed by atoms with Gasteiger partial charge in [-0.1, -0.05) is 38.3 Å². The molecule has 0 spiro atoms. The summed E-state index contributed by atoms with van der Waals surface area (Å²) in [6.45, 7) is 14.6. The van der Waals surface area contributed by atoms with E-state index in [1.54, 1.807) is 31.3 Å². The van der Waals surface area contributed by atoms with Crippen LogP contribution in [-0.2, 0) is 19.1 Å². The molecule has 1 heterocycles. The van der Waals surface area contributed by atoms with Crippen molar-refractivity contribution in [2.75, 3.05) is 34.0 Å². The molecule has 1 aromatic rings. The van der Waals surface area contributed by atoms with Gasteiger partial charge in [-0.15, -0.1) is 13.2 Å². The van der Waals surface area contributed by atoms with Gasteiger partial charge >= 0.3 is 5.97 Å². The van der Waals surface area contributed by atoms with Crippen molar-refractivity contribution in [2.24, 2.45) is 11.8 Å². The summed E-state index contributed by atoms with van der Waals surface area (Å²) in [5, 5.41) is 0. The molecular weight excluding hydrogens is 534 g/mol. The number of nitrogens with zero attached hydrogens (tertiary/aromatic N) is 1. The Balaban J connectivity index is 1.99. The fourth-order valence-corrected chi connectivity index (χ4v) is 6.05. The smallest absolute Gasteiger partial charge is 0.329 e. The van der Waals surface area contributed by atoms with Crippen LogP contribution in [0, 0.1) is 11.8 Å². The fraction of sp³-hybridized carbons (Fsp3) is 0.647. The maximum absolute atomic E-state index is 14.6. The van der Waals surface area contributed by atoms with Crippen LogP contribution in [-0.4, -0.2) is 69.0 Å². The van der Waals surface area contributed by atoms with Crippen LogP contribution in [0.5, 0.6) is 17.2 Å². The van der Waals surface area contributed by atoms with Gasteiger partial charge in [0.2, 0.25) is 11.7 Å². The number of benzene rings is 1. The second-order valence-corrected chi connectivity index (χ2v) is 11.7. The van der Waals surface area contributed by atoms with Crippen LogP contribution in [0.2, 0.25) is 0 Å². The number of piperidine rings is 1. The largest absolute Gasteiger partial charge is 0.493 e. The SMILES string of the molecule is C=CCOC[C@H](C)Oc1cc([C@@H](C(=O)N2CCCC[C@H]2C(=O)O[C@H](C)[C@@H](C)C=C)C2CCCCC2)cc(OC)c1OC. The standard InChI is InChI=1S/C34H51NO7/c1-8-19-40-22-24(4)41-30-21-27(20-29(38-6)32(30)39-7)31(26-15-11-10-12-16-26)33(36)35-18-14-13-17-28(35)34(37)42-25(5)23(3)9-2/h8-9,20-21,23-26,28,31H,1-2,10-19,22H2,3-7H3/t23-,24-,25+,28-,31-/m0/s1. The highest BCUT2D eigenvalue weighted by atomic mass is 16.6. The lowest BCUT2D eigenvalue weighted by atomic mass is 9.75. The summed E-state index contributed by atoms with van der Waals surface area (Å²) in [5.41, 5.74) is 0.810. The van der Waals surface area contributed by atoms with E-state index in [1.807, 2.05) is 32.9 Å². The molecule has 0 bridgehead atoms. The van der Waals surface area contributed by atoms with Crippen molar-refractivity contribution in [3.8, 4) is 17.2 Å². The molecule has 1 aliphatic carbocycles. The zero-order valence-electron chi connectivity index (χ0n) is 26.3. The van der Waals surface area contributed by atoms with E-state index < -0.39 is 12.0 Å². The summed E-state index contributed by atoms with van der Waals surface area (Å²) >= 11 is 0. The van der Waals surface area contributed by atoms with Gasteiger partial charge in [-0.3, -0.25) is 4.79 Å². The van der Waals surface area contributed by atoms with Crippen LogP contribution >= 0.6 is 0 Å². The average molecular weight is 586 g/mol. The molecule has 3 rings (SSSR count). The molecule has 1 aliphatic heterocycles. The number of carbonyl (C=O) groups excluding carboxylic acids is 2. The molecule has 0 N–H and O–H groups in total. The van der Waals surface area contributed by atoms with Crippen LogP contribution in [0.4, 0.5) is 0 Å².